The number of halogens is 4. The van der Waals surface area contributed by atoms with Crippen molar-refractivity contribution in [1.82, 2.24) is 0 Å². The number of aromatic hydroxyl groups is 1. The monoisotopic (exact) mass is 210 g/mol. The summed E-state index contributed by atoms with van der Waals surface area (Å²) in [7, 11) is 0. The highest BCUT2D eigenvalue weighted by atomic mass is 35.5. The van der Waals surface area contributed by atoms with Gasteiger partial charge in [-0.25, -0.2) is 0 Å². The van der Waals surface area contributed by atoms with Crippen molar-refractivity contribution in [2.75, 3.05) is 0 Å². The van der Waals surface area contributed by atoms with Gasteiger partial charge in [-0.1, -0.05) is 17.7 Å². The fraction of sp³-hybridized carbons (Fsp3) is 0.250. The zero-order chi connectivity index (χ0) is 10.1. The van der Waals surface area contributed by atoms with Crippen LogP contribution in [0.2, 0.25) is 5.02 Å². The summed E-state index contributed by atoms with van der Waals surface area (Å²) in [6.45, 7) is 0. The Morgan fingerprint density at radius 1 is 1.31 bits per heavy atom. The molecule has 1 N–H and O–H groups in total. The number of phenolic OH excluding ortho intramolecular Hbond substituents is 1. The Kier molecular flexibility index (Phi) is 2.71. The van der Waals surface area contributed by atoms with Crippen LogP contribution in [-0.2, 0) is 6.42 Å². The van der Waals surface area contributed by atoms with Gasteiger partial charge in [-0.3, -0.25) is 0 Å². The summed E-state index contributed by atoms with van der Waals surface area (Å²) in [6.07, 6.45) is -5.32. The van der Waals surface area contributed by atoms with Crippen LogP contribution in [0.15, 0.2) is 18.2 Å². The molecule has 1 nitrogen and oxygen atoms in total. The lowest BCUT2D eigenvalue weighted by Crippen LogP contribution is -2.11. The van der Waals surface area contributed by atoms with Crippen LogP contribution >= 0.6 is 11.6 Å². The van der Waals surface area contributed by atoms with E-state index in [0.29, 0.717) is 0 Å². The minimum atomic E-state index is -4.26. The zero-order valence-corrected chi connectivity index (χ0v) is 7.15. The van der Waals surface area contributed by atoms with Crippen LogP contribution in [0.1, 0.15) is 5.56 Å². The molecule has 0 saturated carbocycles. The van der Waals surface area contributed by atoms with E-state index in [1.54, 1.807) is 0 Å². The minimum Gasteiger partial charge on any atom is -0.506 e. The topological polar surface area (TPSA) is 20.2 Å². The third kappa shape index (κ3) is 3.14. The van der Waals surface area contributed by atoms with Crippen molar-refractivity contribution < 1.29 is 18.3 Å². The van der Waals surface area contributed by atoms with Gasteiger partial charge in [-0.15, -0.1) is 0 Å². The summed E-state index contributed by atoms with van der Waals surface area (Å²) in [6, 6.07) is 3.48. The summed E-state index contributed by atoms with van der Waals surface area (Å²) in [4.78, 5) is 0. The van der Waals surface area contributed by atoms with E-state index < -0.39 is 12.6 Å². The second-order valence-corrected chi connectivity index (χ2v) is 2.98. The molecule has 0 spiro atoms. The number of phenols is 1. The van der Waals surface area contributed by atoms with Crippen molar-refractivity contribution in [2.45, 2.75) is 12.6 Å². The van der Waals surface area contributed by atoms with Gasteiger partial charge < -0.3 is 5.11 Å². The highest BCUT2D eigenvalue weighted by molar-refractivity contribution is 6.31. The normalized spacial score (nSPS) is 11.7. The molecule has 0 amide bonds. The molecule has 0 fully saturated rings. The second-order valence-electron chi connectivity index (χ2n) is 2.58. The van der Waals surface area contributed by atoms with Crippen LogP contribution in [-0.4, -0.2) is 11.3 Å². The zero-order valence-electron chi connectivity index (χ0n) is 6.40. The van der Waals surface area contributed by atoms with Gasteiger partial charge >= 0.3 is 6.18 Å². The number of rotatable bonds is 1. The molecule has 0 aliphatic carbocycles. The standard InChI is InChI=1S/C8H6ClF3O/c9-6-2-1-5(3-7(6)13)4-8(10,11)12/h1-3,13H,4H2. The molecule has 13 heavy (non-hydrogen) atoms. The molecule has 1 aromatic rings. The van der Waals surface area contributed by atoms with E-state index in [-0.39, 0.29) is 16.3 Å². The molecule has 0 heterocycles. The third-order valence-corrected chi connectivity index (χ3v) is 1.73. The average molecular weight is 211 g/mol. The SMILES string of the molecule is Oc1cc(CC(F)(F)F)ccc1Cl. The maximum atomic E-state index is 11.9. The number of hydrogen-bond acceptors (Lipinski definition) is 1. The molecule has 0 atom stereocenters. The summed E-state index contributed by atoms with van der Waals surface area (Å²) in [5, 5.41) is 9.04. The maximum Gasteiger partial charge on any atom is 0.393 e. The summed E-state index contributed by atoms with van der Waals surface area (Å²) in [5.74, 6) is -0.330. The molecule has 5 heteroatoms. The van der Waals surface area contributed by atoms with Crippen molar-refractivity contribution in [2.24, 2.45) is 0 Å². The third-order valence-electron chi connectivity index (χ3n) is 1.42. The Labute approximate surface area is 77.8 Å². The van der Waals surface area contributed by atoms with Gasteiger partial charge in [0, 0.05) is 0 Å². The van der Waals surface area contributed by atoms with Crippen LogP contribution in [0.3, 0.4) is 0 Å². The summed E-state index contributed by atoms with van der Waals surface area (Å²) in [5.41, 5.74) is -0.00519. The Morgan fingerprint density at radius 2 is 1.92 bits per heavy atom. The number of benzene rings is 1. The van der Waals surface area contributed by atoms with Crippen molar-refractivity contribution >= 4 is 11.6 Å². The Morgan fingerprint density at radius 3 is 2.38 bits per heavy atom. The Hall–Kier alpha value is -0.900. The molecule has 1 rings (SSSR count). The van der Waals surface area contributed by atoms with Crippen molar-refractivity contribution in [3.63, 3.8) is 0 Å². The van der Waals surface area contributed by atoms with Crippen molar-refractivity contribution in [3.8, 4) is 5.75 Å². The van der Waals surface area contributed by atoms with Gasteiger partial charge in [0.15, 0.2) is 0 Å². The predicted molar refractivity (Wildman–Crippen MR) is 42.9 cm³/mol. The predicted octanol–water partition coefficient (Wildman–Crippen LogP) is 3.15. The van der Waals surface area contributed by atoms with E-state index in [1.165, 1.54) is 12.1 Å². The molecule has 0 radical (unpaired) electrons. The second kappa shape index (κ2) is 3.46. The summed E-state index contributed by atoms with van der Waals surface area (Å²) >= 11 is 5.42. The van der Waals surface area contributed by atoms with Gasteiger partial charge in [-0.2, -0.15) is 13.2 Å². The van der Waals surface area contributed by atoms with E-state index >= 15 is 0 Å². The molecule has 1 aromatic carbocycles. The summed E-state index contributed by atoms with van der Waals surface area (Å²) < 4.78 is 35.6. The fourth-order valence-corrected chi connectivity index (χ4v) is 1.02. The first-order chi connectivity index (χ1) is 5.88. The van der Waals surface area contributed by atoms with Gasteiger partial charge in [0.2, 0.25) is 0 Å². The van der Waals surface area contributed by atoms with Crippen molar-refractivity contribution in [1.29, 1.82) is 0 Å². The van der Waals surface area contributed by atoms with Gasteiger partial charge in [0.25, 0.3) is 0 Å². The lowest BCUT2D eigenvalue weighted by Gasteiger charge is -2.06. The van der Waals surface area contributed by atoms with Gasteiger partial charge in [-0.05, 0) is 17.7 Å². The molecule has 72 valence electrons. The number of hydrogen-bond donors (Lipinski definition) is 1. The lowest BCUT2D eigenvalue weighted by molar-refractivity contribution is -0.127. The van der Waals surface area contributed by atoms with Crippen molar-refractivity contribution in [3.05, 3.63) is 28.8 Å². The molecule has 0 unspecified atom stereocenters. The molecular formula is C8H6ClF3O. The molecule has 0 saturated heterocycles. The first-order valence-electron chi connectivity index (χ1n) is 3.42. The van der Waals surface area contributed by atoms with E-state index in [9.17, 15) is 13.2 Å². The van der Waals surface area contributed by atoms with Gasteiger partial charge in [0.1, 0.15) is 5.75 Å². The molecule has 0 bridgehead atoms. The van der Waals surface area contributed by atoms with E-state index in [2.05, 4.69) is 0 Å². The maximum absolute atomic E-state index is 11.9. The quantitative estimate of drug-likeness (QED) is 0.755. The smallest absolute Gasteiger partial charge is 0.393 e. The highest BCUT2D eigenvalue weighted by Gasteiger charge is 2.27. The molecular weight excluding hydrogens is 205 g/mol. The van der Waals surface area contributed by atoms with Crippen LogP contribution in [0.4, 0.5) is 13.2 Å². The molecule has 0 aliphatic heterocycles. The lowest BCUT2D eigenvalue weighted by atomic mass is 10.1. The van der Waals surface area contributed by atoms with Crippen LogP contribution in [0.25, 0.3) is 0 Å². The van der Waals surface area contributed by atoms with Gasteiger partial charge in [0.05, 0.1) is 11.4 Å². The average Bonchev–Trinajstić information content (AvgIpc) is 1.94. The van der Waals surface area contributed by atoms with Crippen LogP contribution < -0.4 is 0 Å². The van der Waals surface area contributed by atoms with E-state index in [1.807, 2.05) is 0 Å². The highest BCUT2D eigenvalue weighted by Crippen LogP contribution is 2.27. The Balaban J connectivity index is 2.86. The fourth-order valence-electron chi connectivity index (χ4n) is 0.900. The minimum absolute atomic E-state index is 0.00519. The van der Waals surface area contributed by atoms with E-state index in [4.69, 9.17) is 16.7 Å². The molecule has 0 aliphatic rings. The first kappa shape index (κ1) is 10.2. The molecule has 0 aromatic heterocycles. The van der Waals surface area contributed by atoms with E-state index in [0.717, 1.165) is 6.07 Å². The van der Waals surface area contributed by atoms with Crippen LogP contribution in [0, 0.1) is 0 Å². The number of alkyl halides is 3. The largest absolute Gasteiger partial charge is 0.506 e. The Bertz CT molecular complexity index is 309. The van der Waals surface area contributed by atoms with Crippen LogP contribution in [0.5, 0.6) is 5.75 Å². The first-order valence-corrected chi connectivity index (χ1v) is 3.80.